The maximum Gasteiger partial charge on any atom is 0.225 e. The van der Waals surface area contributed by atoms with Crippen LogP contribution in [0.4, 0.5) is 5.95 Å². The molecule has 1 amide bonds. The van der Waals surface area contributed by atoms with Gasteiger partial charge in [0.1, 0.15) is 0 Å². The lowest BCUT2D eigenvalue weighted by Crippen LogP contribution is -2.42. The van der Waals surface area contributed by atoms with E-state index in [0.29, 0.717) is 6.42 Å². The predicted octanol–water partition coefficient (Wildman–Crippen LogP) is 1.12. The van der Waals surface area contributed by atoms with Crippen molar-refractivity contribution in [3.63, 3.8) is 0 Å². The van der Waals surface area contributed by atoms with E-state index in [2.05, 4.69) is 20.2 Å². The third-order valence-corrected chi connectivity index (χ3v) is 4.01. The Morgan fingerprint density at radius 1 is 1.17 bits per heavy atom. The SMILES string of the molecule is O=C1CC[C@@]2(CCCN(c3ncccn3)CC2)N1. The minimum Gasteiger partial charge on any atom is -0.351 e. The molecule has 2 saturated heterocycles. The van der Waals surface area contributed by atoms with Gasteiger partial charge in [-0.1, -0.05) is 0 Å². The van der Waals surface area contributed by atoms with Crippen molar-refractivity contribution < 1.29 is 4.79 Å². The summed E-state index contributed by atoms with van der Waals surface area (Å²) in [5.74, 6) is 1.01. The first-order valence-electron chi connectivity index (χ1n) is 6.60. The topological polar surface area (TPSA) is 58.1 Å². The number of anilines is 1. The minimum atomic E-state index is 0.0423. The van der Waals surface area contributed by atoms with Crippen LogP contribution in [0.15, 0.2) is 18.5 Å². The Kier molecular flexibility index (Phi) is 2.89. The van der Waals surface area contributed by atoms with Crippen LogP contribution in [0.1, 0.15) is 32.1 Å². The summed E-state index contributed by atoms with van der Waals surface area (Å²) in [6.45, 7) is 1.89. The Bertz CT molecular complexity index is 436. The van der Waals surface area contributed by atoms with Crippen molar-refractivity contribution in [3.05, 3.63) is 18.5 Å². The number of amides is 1. The van der Waals surface area contributed by atoms with Gasteiger partial charge in [-0.15, -0.1) is 0 Å². The van der Waals surface area contributed by atoms with Gasteiger partial charge in [0.2, 0.25) is 11.9 Å². The van der Waals surface area contributed by atoms with Crippen molar-refractivity contribution in [1.29, 1.82) is 0 Å². The fourth-order valence-electron chi connectivity index (χ4n) is 3.00. The lowest BCUT2D eigenvalue weighted by atomic mass is 9.89. The van der Waals surface area contributed by atoms with Gasteiger partial charge in [-0.05, 0) is 31.7 Å². The average molecular weight is 246 g/mol. The van der Waals surface area contributed by atoms with Crippen LogP contribution < -0.4 is 10.2 Å². The van der Waals surface area contributed by atoms with Gasteiger partial charge >= 0.3 is 0 Å². The van der Waals surface area contributed by atoms with Crippen LogP contribution in [0.2, 0.25) is 0 Å². The molecular weight excluding hydrogens is 228 g/mol. The first kappa shape index (κ1) is 11.4. The van der Waals surface area contributed by atoms with Crippen LogP contribution in [0, 0.1) is 0 Å². The lowest BCUT2D eigenvalue weighted by Gasteiger charge is -2.27. The first-order valence-corrected chi connectivity index (χ1v) is 6.60. The zero-order valence-corrected chi connectivity index (χ0v) is 10.4. The third-order valence-electron chi connectivity index (χ3n) is 4.01. The molecule has 0 aromatic carbocycles. The second kappa shape index (κ2) is 4.55. The summed E-state index contributed by atoms with van der Waals surface area (Å²) in [5.41, 5.74) is 0.0423. The summed E-state index contributed by atoms with van der Waals surface area (Å²) in [6.07, 6.45) is 8.37. The molecule has 1 N–H and O–H groups in total. The minimum absolute atomic E-state index is 0.0423. The molecule has 1 spiro atoms. The molecule has 0 aliphatic carbocycles. The molecule has 2 aliphatic heterocycles. The smallest absolute Gasteiger partial charge is 0.225 e. The van der Waals surface area contributed by atoms with E-state index < -0.39 is 0 Å². The molecule has 1 aromatic heterocycles. The van der Waals surface area contributed by atoms with Crippen molar-refractivity contribution in [1.82, 2.24) is 15.3 Å². The molecule has 0 radical (unpaired) electrons. The quantitative estimate of drug-likeness (QED) is 0.806. The summed E-state index contributed by atoms with van der Waals surface area (Å²) in [6, 6.07) is 1.83. The van der Waals surface area contributed by atoms with E-state index in [0.717, 1.165) is 44.7 Å². The van der Waals surface area contributed by atoms with Crippen molar-refractivity contribution in [2.75, 3.05) is 18.0 Å². The fraction of sp³-hybridized carbons (Fsp3) is 0.615. The largest absolute Gasteiger partial charge is 0.351 e. The molecule has 96 valence electrons. The lowest BCUT2D eigenvalue weighted by molar-refractivity contribution is -0.119. The molecule has 18 heavy (non-hydrogen) atoms. The van der Waals surface area contributed by atoms with E-state index in [9.17, 15) is 4.79 Å². The fourth-order valence-corrected chi connectivity index (χ4v) is 3.00. The Morgan fingerprint density at radius 2 is 2.00 bits per heavy atom. The van der Waals surface area contributed by atoms with Crippen molar-refractivity contribution in [2.24, 2.45) is 0 Å². The highest BCUT2D eigenvalue weighted by molar-refractivity contribution is 5.79. The van der Waals surface area contributed by atoms with E-state index in [1.54, 1.807) is 12.4 Å². The maximum atomic E-state index is 11.4. The molecule has 3 rings (SSSR count). The highest BCUT2D eigenvalue weighted by Gasteiger charge is 2.38. The zero-order chi connectivity index (χ0) is 12.4. The number of rotatable bonds is 1. The van der Waals surface area contributed by atoms with Crippen molar-refractivity contribution in [3.8, 4) is 0 Å². The Balaban J connectivity index is 1.71. The number of nitrogens with one attached hydrogen (secondary N) is 1. The van der Waals surface area contributed by atoms with Crippen LogP contribution in [-0.2, 0) is 4.79 Å². The maximum absolute atomic E-state index is 11.4. The summed E-state index contributed by atoms with van der Waals surface area (Å²) in [5, 5.41) is 3.17. The van der Waals surface area contributed by atoms with Gasteiger partial charge in [0.15, 0.2) is 0 Å². The monoisotopic (exact) mass is 246 g/mol. The summed E-state index contributed by atoms with van der Waals surface area (Å²) >= 11 is 0. The molecular formula is C13H18N4O. The van der Waals surface area contributed by atoms with Crippen LogP contribution in [0.25, 0.3) is 0 Å². The van der Waals surface area contributed by atoms with E-state index in [-0.39, 0.29) is 11.4 Å². The molecule has 2 fully saturated rings. The number of aromatic nitrogens is 2. The summed E-state index contributed by atoms with van der Waals surface area (Å²) in [4.78, 5) is 22.3. The van der Waals surface area contributed by atoms with Crippen molar-refractivity contribution >= 4 is 11.9 Å². The Morgan fingerprint density at radius 3 is 2.72 bits per heavy atom. The highest BCUT2D eigenvalue weighted by Crippen LogP contribution is 2.31. The van der Waals surface area contributed by atoms with Crippen LogP contribution >= 0.6 is 0 Å². The first-order chi connectivity index (χ1) is 8.77. The average Bonchev–Trinajstić information content (AvgIpc) is 2.64. The zero-order valence-electron chi connectivity index (χ0n) is 10.4. The Hall–Kier alpha value is -1.65. The summed E-state index contributed by atoms with van der Waals surface area (Å²) < 4.78 is 0. The van der Waals surface area contributed by atoms with Crippen LogP contribution in [-0.4, -0.2) is 34.5 Å². The molecule has 5 heteroatoms. The summed E-state index contributed by atoms with van der Waals surface area (Å²) in [7, 11) is 0. The number of carbonyl (C=O) groups is 1. The van der Waals surface area contributed by atoms with Gasteiger partial charge in [-0.2, -0.15) is 0 Å². The standard InChI is InChI=1S/C13H18N4O/c18-11-3-5-13(16-11)4-1-9-17(10-6-13)12-14-7-2-8-15-12/h2,7-8H,1,3-6,9-10H2,(H,16,18)/t13-/m1/s1. The van der Waals surface area contributed by atoms with Crippen LogP contribution in [0.3, 0.4) is 0 Å². The van der Waals surface area contributed by atoms with E-state index in [1.807, 2.05) is 6.07 Å². The molecule has 0 unspecified atom stereocenters. The van der Waals surface area contributed by atoms with Gasteiger partial charge in [0.05, 0.1) is 0 Å². The molecule has 5 nitrogen and oxygen atoms in total. The normalized spacial score (nSPS) is 28.2. The third kappa shape index (κ3) is 2.17. The van der Waals surface area contributed by atoms with Gasteiger partial charge in [0.25, 0.3) is 0 Å². The number of carbonyl (C=O) groups excluding carboxylic acids is 1. The van der Waals surface area contributed by atoms with Gasteiger partial charge in [0, 0.05) is 37.4 Å². The molecule has 3 heterocycles. The van der Waals surface area contributed by atoms with Gasteiger partial charge in [-0.25, -0.2) is 9.97 Å². The number of nitrogens with zero attached hydrogens (tertiary/aromatic N) is 3. The van der Waals surface area contributed by atoms with E-state index in [1.165, 1.54) is 0 Å². The second-order valence-electron chi connectivity index (χ2n) is 5.22. The second-order valence-corrected chi connectivity index (χ2v) is 5.22. The highest BCUT2D eigenvalue weighted by atomic mass is 16.2. The van der Waals surface area contributed by atoms with Crippen molar-refractivity contribution in [2.45, 2.75) is 37.6 Å². The van der Waals surface area contributed by atoms with Crippen LogP contribution in [0.5, 0.6) is 0 Å². The number of hydrogen-bond acceptors (Lipinski definition) is 4. The number of hydrogen-bond donors (Lipinski definition) is 1. The van der Waals surface area contributed by atoms with Gasteiger partial charge < -0.3 is 10.2 Å². The molecule has 0 bridgehead atoms. The Labute approximate surface area is 107 Å². The van der Waals surface area contributed by atoms with E-state index >= 15 is 0 Å². The molecule has 1 atom stereocenters. The molecule has 2 aliphatic rings. The molecule has 1 aromatic rings. The predicted molar refractivity (Wildman–Crippen MR) is 68.2 cm³/mol. The van der Waals surface area contributed by atoms with Gasteiger partial charge in [-0.3, -0.25) is 4.79 Å². The molecule has 0 saturated carbocycles. The van der Waals surface area contributed by atoms with E-state index in [4.69, 9.17) is 0 Å².